The number of aryl methyl sites for hydroxylation is 1. The minimum atomic E-state index is -0.339. The minimum Gasteiger partial charge on any atom is -0.366 e. The van der Waals surface area contributed by atoms with Crippen LogP contribution in [0.5, 0.6) is 0 Å². The van der Waals surface area contributed by atoms with Crippen molar-refractivity contribution in [3.05, 3.63) is 77.7 Å². The lowest BCUT2D eigenvalue weighted by Gasteiger charge is -2.09. The van der Waals surface area contributed by atoms with Gasteiger partial charge in [0.2, 0.25) is 5.95 Å². The fourth-order valence-electron chi connectivity index (χ4n) is 2.10. The largest absolute Gasteiger partial charge is 0.366 e. The molecule has 116 valence electrons. The molecule has 5 heteroatoms. The Hall–Kier alpha value is -2.95. The number of benzene rings is 2. The first-order chi connectivity index (χ1) is 11.2. The molecule has 23 heavy (non-hydrogen) atoms. The Morgan fingerprint density at radius 2 is 1.78 bits per heavy atom. The molecule has 1 aromatic heterocycles. The van der Waals surface area contributed by atoms with Crippen molar-refractivity contribution in [2.45, 2.75) is 13.5 Å². The summed E-state index contributed by atoms with van der Waals surface area (Å²) in [4.78, 5) is 8.46. The van der Waals surface area contributed by atoms with Gasteiger partial charge in [0.05, 0.1) is 5.69 Å². The normalized spacial score (nSPS) is 10.3. The van der Waals surface area contributed by atoms with Crippen molar-refractivity contribution in [3.8, 4) is 0 Å². The number of hydrogen-bond acceptors (Lipinski definition) is 4. The van der Waals surface area contributed by atoms with Gasteiger partial charge in [-0.1, -0.05) is 42.0 Å². The maximum absolute atomic E-state index is 13.6. The van der Waals surface area contributed by atoms with E-state index in [1.165, 1.54) is 11.6 Å². The van der Waals surface area contributed by atoms with Crippen molar-refractivity contribution in [1.29, 1.82) is 0 Å². The maximum Gasteiger partial charge on any atom is 0.229 e. The van der Waals surface area contributed by atoms with Gasteiger partial charge in [0.15, 0.2) is 0 Å². The smallest absolute Gasteiger partial charge is 0.229 e. The average Bonchev–Trinajstić information content (AvgIpc) is 2.57. The fraction of sp³-hybridized carbons (Fsp3) is 0.111. The molecular formula is C18H17FN4. The number of nitrogens with one attached hydrogen (secondary N) is 2. The van der Waals surface area contributed by atoms with Gasteiger partial charge in [-0.2, -0.15) is 4.98 Å². The Morgan fingerprint density at radius 1 is 1.00 bits per heavy atom. The van der Waals surface area contributed by atoms with Crippen molar-refractivity contribution in [2.75, 3.05) is 10.6 Å². The molecule has 0 radical (unpaired) electrons. The number of hydrogen-bond donors (Lipinski definition) is 2. The summed E-state index contributed by atoms with van der Waals surface area (Å²) < 4.78 is 13.6. The number of aromatic nitrogens is 2. The Kier molecular flexibility index (Phi) is 4.47. The summed E-state index contributed by atoms with van der Waals surface area (Å²) in [6.07, 6.45) is 1.63. The SMILES string of the molecule is Cc1ccc(CNc2ccnc(Nc3ccccc3F)n2)cc1. The molecule has 0 fully saturated rings. The summed E-state index contributed by atoms with van der Waals surface area (Å²) in [5, 5.41) is 6.12. The van der Waals surface area contributed by atoms with Crippen LogP contribution in [-0.2, 0) is 6.54 Å². The second-order valence-electron chi connectivity index (χ2n) is 5.21. The molecule has 0 amide bonds. The Labute approximate surface area is 134 Å². The number of halogens is 1. The van der Waals surface area contributed by atoms with Crippen LogP contribution in [0.3, 0.4) is 0 Å². The lowest BCUT2D eigenvalue weighted by Crippen LogP contribution is -2.04. The highest BCUT2D eigenvalue weighted by Gasteiger charge is 2.04. The van der Waals surface area contributed by atoms with E-state index in [2.05, 4.69) is 51.8 Å². The van der Waals surface area contributed by atoms with E-state index in [1.54, 1.807) is 30.5 Å². The first kappa shape index (κ1) is 15.0. The highest BCUT2D eigenvalue weighted by atomic mass is 19.1. The first-order valence-corrected chi connectivity index (χ1v) is 7.35. The van der Waals surface area contributed by atoms with E-state index in [-0.39, 0.29) is 5.82 Å². The van der Waals surface area contributed by atoms with Gasteiger partial charge in [-0.25, -0.2) is 9.37 Å². The van der Waals surface area contributed by atoms with Crippen LogP contribution in [0.2, 0.25) is 0 Å². The third kappa shape index (κ3) is 4.03. The topological polar surface area (TPSA) is 49.8 Å². The van der Waals surface area contributed by atoms with Crippen LogP contribution in [0, 0.1) is 12.7 Å². The lowest BCUT2D eigenvalue weighted by atomic mass is 10.1. The van der Waals surface area contributed by atoms with Crippen LogP contribution in [0.15, 0.2) is 60.8 Å². The molecule has 3 rings (SSSR count). The third-order valence-electron chi connectivity index (χ3n) is 3.37. The molecule has 0 saturated heterocycles. The highest BCUT2D eigenvalue weighted by molar-refractivity contribution is 5.55. The standard InChI is InChI=1S/C18H17FN4/c1-13-6-8-14(9-7-13)12-21-17-10-11-20-18(23-17)22-16-5-3-2-4-15(16)19/h2-11H,12H2,1H3,(H2,20,21,22,23). The van der Waals surface area contributed by atoms with E-state index in [9.17, 15) is 4.39 Å². The molecule has 2 N–H and O–H groups in total. The van der Waals surface area contributed by atoms with Gasteiger partial charge in [-0.3, -0.25) is 0 Å². The summed E-state index contributed by atoms with van der Waals surface area (Å²) in [5.74, 6) is 0.692. The van der Waals surface area contributed by atoms with Crippen molar-refractivity contribution in [2.24, 2.45) is 0 Å². The van der Waals surface area contributed by atoms with Crippen molar-refractivity contribution >= 4 is 17.5 Å². The Bertz CT molecular complexity index is 787. The molecule has 0 aliphatic carbocycles. The summed E-state index contributed by atoms with van der Waals surface area (Å²) in [7, 11) is 0. The van der Waals surface area contributed by atoms with Gasteiger partial charge >= 0.3 is 0 Å². The van der Waals surface area contributed by atoms with Crippen molar-refractivity contribution in [1.82, 2.24) is 9.97 Å². The second-order valence-corrected chi connectivity index (χ2v) is 5.21. The van der Waals surface area contributed by atoms with E-state index >= 15 is 0 Å². The molecule has 0 aliphatic rings. The van der Waals surface area contributed by atoms with E-state index in [4.69, 9.17) is 0 Å². The van der Waals surface area contributed by atoms with Gasteiger partial charge in [-0.05, 0) is 30.7 Å². The van der Waals surface area contributed by atoms with Crippen LogP contribution in [-0.4, -0.2) is 9.97 Å². The predicted molar refractivity (Wildman–Crippen MR) is 90.2 cm³/mol. The molecule has 1 heterocycles. The second kappa shape index (κ2) is 6.87. The lowest BCUT2D eigenvalue weighted by molar-refractivity contribution is 0.631. The van der Waals surface area contributed by atoms with Crippen LogP contribution >= 0.6 is 0 Å². The van der Waals surface area contributed by atoms with E-state index in [1.807, 2.05) is 0 Å². The first-order valence-electron chi connectivity index (χ1n) is 7.35. The third-order valence-corrected chi connectivity index (χ3v) is 3.37. The van der Waals surface area contributed by atoms with Gasteiger partial charge in [-0.15, -0.1) is 0 Å². The molecule has 0 saturated carbocycles. The zero-order valence-electron chi connectivity index (χ0n) is 12.8. The number of nitrogens with zero attached hydrogens (tertiary/aromatic N) is 2. The molecule has 0 bridgehead atoms. The average molecular weight is 308 g/mol. The molecule has 2 aromatic carbocycles. The van der Waals surface area contributed by atoms with Crippen LogP contribution in [0.1, 0.15) is 11.1 Å². The quantitative estimate of drug-likeness (QED) is 0.738. The number of rotatable bonds is 5. The Morgan fingerprint density at radius 3 is 2.57 bits per heavy atom. The molecule has 0 unspecified atom stereocenters. The number of para-hydroxylation sites is 1. The zero-order chi connectivity index (χ0) is 16.1. The van der Waals surface area contributed by atoms with Gasteiger partial charge in [0.25, 0.3) is 0 Å². The van der Waals surface area contributed by atoms with Crippen molar-refractivity contribution < 1.29 is 4.39 Å². The fourth-order valence-corrected chi connectivity index (χ4v) is 2.10. The van der Waals surface area contributed by atoms with E-state index in [0.717, 1.165) is 5.56 Å². The highest BCUT2D eigenvalue weighted by Crippen LogP contribution is 2.17. The predicted octanol–water partition coefficient (Wildman–Crippen LogP) is 4.28. The summed E-state index contributed by atoms with van der Waals surface area (Å²) in [6, 6.07) is 16.5. The molecule has 0 atom stereocenters. The van der Waals surface area contributed by atoms with E-state index < -0.39 is 0 Å². The van der Waals surface area contributed by atoms with Crippen molar-refractivity contribution in [3.63, 3.8) is 0 Å². The Balaban J connectivity index is 1.67. The van der Waals surface area contributed by atoms with Gasteiger partial charge in [0, 0.05) is 12.7 Å². The molecule has 4 nitrogen and oxygen atoms in total. The van der Waals surface area contributed by atoms with E-state index in [0.29, 0.717) is 24.0 Å². The van der Waals surface area contributed by atoms with Gasteiger partial charge < -0.3 is 10.6 Å². The zero-order valence-corrected chi connectivity index (χ0v) is 12.8. The minimum absolute atomic E-state index is 0.339. The molecule has 3 aromatic rings. The summed E-state index contributed by atoms with van der Waals surface area (Å²) in [6.45, 7) is 2.72. The van der Waals surface area contributed by atoms with Crippen LogP contribution < -0.4 is 10.6 Å². The molecular weight excluding hydrogens is 291 g/mol. The molecule has 0 aliphatic heterocycles. The monoisotopic (exact) mass is 308 g/mol. The van der Waals surface area contributed by atoms with Gasteiger partial charge in [0.1, 0.15) is 11.6 Å². The molecule has 0 spiro atoms. The van der Waals surface area contributed by atoms with Crippen LogP contribution in [0.25, 0.3) is 0 Å². The number of anilines is 3. The summed E-state index contributed by atoms with van der Waals surface area (Å²) >= 11 is 0. The van der Waals surface area contributed by atoms with Crippen LogP contribution in [0.4, 0.5) is 21.8 Å². The maximum atomic E-state index is 13.6. The summed E-state index contributed by atoms with van der Waals surface area (Å²) in [5.41, 5.74) is 2.74.